The molecule has 0 bridgehead atoms. The van der Waals surface area contributed by atoms with Crippen LogP contribution in [0.3, 0.4) is 0 Å². The standard InChI is InChI=1S/C22H26FNO4/c1-22(2,3)28-21(25)24-14-4-5-17(24)15-26-18-10-12-20(13-11-18)27-19-8-6-16(23)7-9-19/h6-13,17H,4-5,14-15H2,1-3H3. The smallest absolute Gasteiger partial charge is 0.410 e. The highest BCUT2D eigenvalue weighted by atomic mass is 19.1. The van der Waals surface area contributed by atoms with Crippen LogP contribution in [0.25, 0.3) is 0 Å². The third kappa shape index (κ3) is 5.62. The number of benzene rings is 2. The average molecular weight is 387 g/mol. The van der Waals surface area contributed by atoms with Crippen molar-refractivity contribution >= 4 is 6.09 Å². The van der Waals surface area contributed by atoms with Crippen LogP contribution in [0.4, 0.5) is 9.18 Å². The number of halogens is 1. The maximum atomic E-state index is 12.9. The Morgan fingerprint density at radius 3 is 2.21 bits per heavy atom. The molecule has 5 nitrogen and oxygen atoms in total. The van der Waals surface area contributed by atoms with Gasteiger partial charge in [0.1, 0.15) is 35.3 Å². The lowest BCUT2D eigenvalue weighted by molar-refractivity contribution is 0.0187. The topological polar surface area (TPSA) is 48.0 Å². The monoisotopic (exact) mass is 387 g/mol. The average Bonchev–Trinajstić information content (AvgIpc) is 3.10. The molecule has 150 valence electrons. The summed E-state index contributed by atoms with van der Waals surface area (Å²) < 4.78 is 30.0. The summed E-state index contributed by atoms with van der Waals surface area (Å²) in [6.45, 7) is 6.69. The highest BCUT2D eigenvalue weighted by Crippen LogP contribution is 2.25. The second kappa shape index (κ2) is 8.50. The van der Waals surface area contributed by atoms with Crippen LogP contribution in [0.2, 0.25) is 0 Å². The summed E-state index contributed by atoms with van der Waals surface area (Å²) in [6, 6.07) is 13.1. The Hall–Kier alpha value is -2.76. The van der Waals surface area contributed by atoms with Crippen molar-refractivity contribution in [1.82, 2.24) is 4.90 Å². The van der Waals surface area contributed by atoms with Crippen molar-refractivity contribution in [2.45, 2.75) is 45.3 Å². The second-order valence-electron chi connectivity index (χ2n) is 7.81. The molecule has 1 fully saturated rings. The zero-order valence-corrected chi connectivity index (χ0v) is 16.5. The first-order valence-corrected chi connectivity index (χ1v) is 9.46. The fourth-order valence-electron chi connectivity index (χ4n) is 3.00. The van der Waals surface area contributed by atoms with Gasteiger partial charge in [-0.25, -0.2) is 9.18 Å². The lowest BCUT2D eigenvalue weighted by Crippen LogP contribution is -2.42. The zero-order valence-electron chi connectivity index (χ0n) is 16.5. The number of hydrogen-bond acceptors (Lipinski definition) is 4. The Kier molecular flexibility index (Phi) is 6.07. The Morgan fingerprint density at radius 1 is 1.04 bits per heavy atom. The molecule has 0 N–H and O–H groups in total. The van der Waals surface area contributed by atoms with Crippen molar-refractivity contribution in [3.63, 3.8) is 0 Å². The lowest BCUT2D eigenvalue weighted by atomic mass is 10.2. The van der Waals surface area contributed by atoms with Gasteiger partial charge in [0, 0.05) is 6.54 Å². The molecule has 0 aliphatic carbocycles. The van der Waals surface area contributed by atoms with Crippen molar-refractivity contribution in [3.8, 4) is 17.2 Å². The largest absolute Gasteiger partial charge is 0.491 e. The number of rotatable bonds is 5. The third-order valence-electron chi connectivity index (χ3n) is 4.32. The number of likely N-dealkylation sites (tertiary alicyclic amines) is 1. The van der Waals surface area contributed by atoms with Crippen molar-refractivity contribution < 1.29 is 23.4 Å². The minimum Gasteiger partial charge on any atom is -0.491 e. The Bertz CT molecular complexity index is 784. The van der Waals surface area contributed by atoms with Gasteiger partial charge in [0.15, 0.2) is 0 Å². The van der Waals surface area contributed by atoms with E-state index in [2.05, 4.69) is 0 Å². The third-order valence-corrected chi connectivity index (χ3v) is 4.32. The van der Waals surface area contributed by atoms with Gasteiger partial charge in [-0.15, -0.1) is 0 Å². The van der Waals surface area contributed by atoms with E-state index >= 15 is 0 Å². The predicted octanol–water partition coefficient (Wildman–Crippen LogP) is 5.40. The normalized spacial score (nSPS) is 16.7. The van der Waals surface area contributed by atoms with Crippen LogP contribution in [-0.2, 0) is 4.74 Å². The van der Waals surface area contributed by atoms with Gasteiger partial charge < -0.3 is 19.1 Å². The Balaban J connectivity index is 1.52. The predicted molar refractivity (Wildman–Crippen MR) is 104 cm³/mol. The summed E-state index contributed by atoms with van der Waals surface area (Å²) in [4.78, 5) is 14.1. The molecule has 1 heterocycles. The molecule has 1 aliphatic rings. The molecule has 3 rings (SSSR count). The van der Waals surface area contributed by atoms with Crippen LogP contribution in [0.1, 0.15) is 33.6 Å². The van der Waals surface area contributed by atoms with Gasteiger partial charge in [0.25, 0.3) is 0 Å². The van der Waals surface area contributed by atoms with Gasteiger partial charge in [-0.2, -0.15) is 0 Å². The van der Waals surface area contributed by atoms with Gasteiger partial charge in [-0.1, -0.05) is 0 Å². The summed E-state index contributed by atoms with van der Waals surface area (Å²) in [5.41, 5.74) is -0.508. The molecule has 1 atom stereocenters. The van der Waals surface area contributed by atoms with E-state index in [1.807, 2.05) is 32.9 Å². The van der Waals surface area contributed by atoms with Crippen LogP contribution >= 0.6 is 0 Å². The molecule has 2 aromatic rings. The summed E-state index contributed by atoms with van der Waals surface area (Å²) >= 11 is 0. The number of ether oxygens (including phenoxy) is 3. The first kappa shape index (κ1) is 20.0. The number of carbonyl (C=O) groups excluding carboxylic acids is 1. The van der Waals surface area contributed by atoms with E-state index < -0.39 is 5.60 Å². The number of amides is 1. The summed E-state index contributed by atoms with van der Waals surface area (Å²) in [6.07, 6.45) is 1.55. The van der Waals surface area contributed by atoms with Crippen LogP contribution in [0.15, 0.2) is 48.5 Å². The molecule has 28 heavy (non-hydrogen) atoms. The minimum absolute atomic E-state index is 0.00462. The lowest BCUT2D eigenvalue weighted by Gasteiger charge is -2.28. The molecule has 0 aromatic heterocycles. The Labute approximate surface area is 165 Å². The fourth-order valence-corrected chi connectivity index (χ4v) is 3.00. The van der Waals surface area contributed by atoms with Crippen LogP contribution in [0, 0.1) is 5.82 Å². The number of hydrogen-bond donors (Lipinski definition) is 0. The van der Waals surface area contributed by atoms with E-state index in [4.69, 9.17) is 14.2 Å². The number of carbonyl (C=O) groups is 1. The van der Waals surface area contributed by atoms with E-state index in [-0.39, 0.29) is 18.0 Å². The summed E-state index contributed by atoms with van der Waals surface area (Å²) in [5.74, 6) is 1.59. The van der Waals surface area contributed by atoms with Gasteiger partial charge >= 0.3 is 6.09 Å². The molecule has 1 unspecified atom stereocenters. The van der Waals surface area contributed by atoms with Gasteiger partial charge in [0.05, 0.1) is 6.04 Å². The summed E-state index contributed by atoms with van der Waals surface area (Å²) in [5, 5.41) is 0. The first-order valence-electron chi connectivity index (χ1n) is 9.46. The van der Waals surface area contributed by atoms with Crippen molar-refractivity contribution in [1.29, 1.82) is 0 Å². The quantitative estimate of drug-likeness (QED) is 0.690. The molecule has 1 aliphatic heterocycles. The maximum absolute atomic E-state index is 12.9. The van der Waals surface area contributed by atoms with E-state index in [9.17, 15) is 9.18 Å². The SMILES string of the molecule is CC(C)(C)OC(=O)N1CCCC1COc1ccc(Oc2ccc(F)cc2)cc1. The summed E-state index contributed by atoms with van der Waals surface area (Å²) in [7, 11) is 0. The first-order chi connectivity index (χ1) is 13.3. The molecule has 1 amide bonds. The van der Waals surface area contributed by atoms with Crippen LogP contribution in [0.5, 0.6) is 17.2 Å². The molecule has 1 saturated heterocycles. The van der Waals surface area contributed by atoms with E-state index in [0.717, 1.165) is 12.8 Å². The Morgan fingerprint density at radius 2 is 1.61 bits per heavy atom. The molecular formula is C22H26FNO4. The fraction of sp³-hybridized carbons (Fsp3) is 0.409. The molecule has 0 radical (unpaired) electrons. The van der Waals surface area contributed by atoms with E-state index in [0.29, 0.717) is 30.4 Å². The number of nitrogens with zero attached hydrogens (tertiary/aromatic N) is 1. The minimum atomic E-state index is -0.508. The molecule has 0 saturated carbocycles. The highest BCUT2D eigenvalue weighted by Gasteiger charge is 2.32. The molecule has 6 heteroatoms. The second-order valence-corrected chi connectivity index (χ2v) is 7.81. The van der Waals surface area contributed by atoms with Crippen molar-refractivity contribution in [2.75, 3.05) is 13.2 Å². The maximum Gasteiger partial charge on any atom is 0.410 e. The van der Waals surface area contributed by atoms with Gasteiger partial charge in [0.2, 0.25) is 0 Å². The van der Waals surface area contributed by atoms with Crippen molar-refractivity contribution in [2.24, 2.45) is 0 Å². The van der Waals surface area contributed by atoms with E-state index in [1.54, 1.807) is 29.2 Å². The van der Waals surface area contributed by atoms with Crippen LogP contribution < -0.4 is 9.47 Å². The molecule has 2 aromatic carbocycles. The van der Waals surface area contributed by atoms with Gasteiger partial charge in [-0.3, -0.25) is 0 Å². The van der Waals surface area contributed by atoms with Crippen molar-refractivity contribution in [3.05, 3.63) is 54.3 Å². The molecule has 0 spiro atoms. The highest BCUT2D eigenvalue weighted by molar-refractivity contribution is 5.69. The molecular weight excluding hydrogens is 361 g/mol. The van der Waals surface area contributed by atoms with Crippen LogP contribution in [-0.4, -0.2) is 35.8 Å². The zero-order chi connectivity index (χ0) is 20.1. The van der Waals surface area contributed by atoms with E-state index in [1.165, 1.54) is 12.1 Å². The van der Waals surface area contributed by atoms with Gasteiger partial charge in [-0.05, 0) is 82.1 Å².